The molecule has 1 aliphatic heterocycles. The van der Waals surface area contributed by atoms with Crippen molar-refractivity contribution in [1.29, 1.82) is 0 Å². The van der Waals surface area contributed by atoms with Gasteiger partial charge in [0.05, 0.1) is 0 Å². The summed E-state index contributed by atoms with van der Waals surface area (Å²) in [6, 6.07) is 0. The number of rotatable bonds is 5. The highest BCUT2D eigenvalue weighted by atomic mass is 15.1. The fourth-order valence-electron chi connectivity index (χ4n) is 2.27. The van der Waals surface area contributed by atoms with Gasteiger partial charge in [0.2, 0.25) is 0 Å². The Kier molecular flexibility index (Phi) is 5.45. The molecule has 1 heteroatoms. The van der Waals surface area contributed by atoms with E-state index >= 15 is 0 Å². The molecule has 0 atom stereocenters. The van der Waals surface area contributed by atoms with Gasteiger partial charge >= 0.3 is 0 Å². The summed E-state index contributed by atoms with van der Waals surface area (Å²) in [4.78, 5) is 2.58. The standard InChI is InChI=1S/C12H25N/c1-3-5-6-7-12-8-10-13(4-2)11-9-12/h12H,3-11H2,1-2H3. The van der Waals surface area contributed by atoms with E-state index in [0.29, 0.717) is 0 Å². The summed E-state index contributed by atoms with van der Waals surface area (Å²) in [5.41, 5.74) is 0. The van der Waals surface area contributed by atoms with Crippen molar-refractivity contribution in [2.45, 2.75) is 52.4 Å². The molecule has 1 fully saturated rings. The van der Waals surface area contributed by atoms with Gasteiger partial charge in [0.25, 0.3) is 0 Å². The van der Waals surface area contributed by atoms with Gasteiger partial charge in [-0.25, -0.2) is 0 Å². The first kappa shape index (κ1) is 11.0. The fourth-order valence-corrected chi connectivity index (χ4v) is 2.27. The van der Waals surface area contributed by atoms with Crippen molar-refractivity contribution < 1.29 is 0 Å². The molecule has 0 aromatic rings. The van der Waals surface area contributed by atoms with Crippen LogP contribution in [0.1, 0.15) is 52.4 Å². The van der Waals surface area contributed by atoms with Crippen LogP contribution in [0.25, 0.3) is 0 Å². The van der Waals surface area contributed by atoms with Crippen molar-refractivity contribution in [1.82, 2.24) is 4.90 Å². The molecule has 13 heavy (non-hydrogen) atoms. The maximum Gasteiger partial charge on any atom is -0.00162 e. The molecule has 0 radical (unpaired) electrons. The quantitative estimate of drug-likeness (QED) is 0.591. The minimum atomic E-state index is 1.05. The molecule has 0 unspecified atom stereocenters. The van der Waals surface area contributed by atoms with E-state index in [1.54, 1.807) is 0 Å². The van der Waals surface area contributed by atoms with Crippen molar-refractivity contribution in [2.24, 2.45) is 5.92 Å². The molecule has 0 spiro atoms. The molecule has 78 valence electrons. The molecule has 1 saturated heterocycles. The predicted octanol–water partition coefficient (Wildman–Crippen LogP) is 3.30. The first-order chi connectivity index (χ1) is 6.36. The van der Waals surface area contributed by atoms with Gasteiger partial charge in [-0.15, -0.1) is 0 Å². The Balaban J connectivity index is 2.03. The lowest BCUT2D eigenvalue weighted by Gasteiger charge is -2.30. The maximum absolute atomic E-state index is 2.58. The minimum absolute atomic E-state index is 1.05. The molecule has 0 amide bonds. The van der Waals surface area contributed by atoms with E-state index in [2.05, 4.69) is 18.7 Å². The lowest BCUT2D eigenvalue weighted by Crippen LogP contribution is -2.33. The molecule has 1 rings (SSSR count). The normalized spacial score (nSPS) is 20.8. The Morgan fingerprint density at radius 1 is 1.08 bits per heavy atom. The predicted molar refractivity (Wildman–Crippen MR) is 59.0 cm³/mol. The number of hydrogen-bond donors (Lipinski definition) is 0. The van der Waals surface area contributed by atoms with Gasteiger partial charge in [0.1, 0.15) is 0 Å². The number of likely N-dealkylation sites (tertiary alicyclic amines) is 1. The summed E-state index contributed by atoms with van der Waals surface area (Å²) >= 11 is 0. The van der Waals surface area contributed by atoms with Gasteiger partial charge in [-0.1, -0.05) is 39.5 Å². The largest absolute Gasteiger partial charge is 0.304 e. The molecule has 0 saturated carbocycles. The smallest absolute Gasteiger partial charge is 0.00162 e. The van der Waals surface area contributed by atoms with Crippen LogP contribution in [0.5, 0.6) is 0 Å². The fraction of sp³-hybridized carbons (Fsp3) is 1.00. The van der Waals surface area contributed by atoms with E-state index < -0.39 is 0 Å². The summed E-state index contributed by atoms with van der Waals surface area (Å²) in [6.45, 7) is 8.53. The zero-order chi connectivity index (χ0) is 9.52. The van der Waals surface area contributed by atoms with Crippen molar-refractivity contribution in [3.05, 3.63) is 0 Å². The van der Waals surface area contributed by atoms with Crippen LogP contribution >= 0.6 is 0 Å². The molecule has 0 aliphatic carbocycles. The first-order valence-corrected chi connectivity index (χ1v) is 6.09. The monoisotopic (exact) mass is 183 g/mol. The molecule has 1 nitrogen and oxygen atoms in total. The summed E-state index contributed by atoms with van der Waals surface area (Å²) in [5, 5.41) is 0. The Hall–Kier alpha value is -0.0400. The number of hydrogen-bond acceptors (Lipinski definition) is 1. The van der Waals surface area contributed by atoms with Crippen LogP contribution in [0.15, 0.2) is 0 Å². The van der Waals surface area contributed by atoms with Gasteiger partial charge in [0.15, 0.2) is 0 Å². The number of unbranched alkanes of at least 4 members (excludes halogenated alkanes) is 2. The van der Waals surface area contributed by atoms with Crippen molar-refractivity contribution in [2.75, 3.05) is 19.6 Å². The first-order valence-electron chi connectivity index (χ1n) is 6.09. The zero-order valence-electron chi connectivity index (χ0n) is 9.39. The zero-order valence-corrected chi connectivity index (χ0v) is 9.39. The molecule has 0 N–H and O–H groups in total. The Morgan fingerprint density at radius 2 is 1.77 bits per heavy atom. The lowest BCUT2D eigenvalue weighted by molar-refractivity contribution is 0.185. The van der Waals surface area contributed by atoms with E-state index in [1.165, 1.54) is 58.2 Å². The van der Waals surface area contributed by atoms with E-state index in [4.69, 9.17) is 0 Å². The van der Waals surface area contributed by atoms with E-state index in [9.17, 15) is 0 Å². The average molecular weight is 183 g/mol. The molecule has 0 bridgehead atoms. The highest BCUT2D eigenvalue weighted by Gasteiger charge is 2.16. The van der Waals surface area contributed by atoms with Crippen LogP contribution in [-0.4, -0.2) is 24.5 Å². The highest BCUT2D eigenvalue weighted by Crippen LogP contribution is 2.22. The van der Waals surface area contributed by atoms with Crippen LogP contribution in [0.3, 0.4) is 0 Å². The summed E-state index contributed by atoms with van der Waals surface area (Å²) in [7, 11) is 0. The van der Waals surface area contributed by atoms with E-state index in [1.807, 2.05) is 0 Å². The molecule has 0 aromatic heterocycles. The van der Waals surface area contributed by atoms with Crippen LogP contribution in [0, 0.1) is 5.92 Å². The van der Waals surface area contributed by atoms with Crippen molar-refractivity contribution in [3.8, 4) is 0 Å². The highest BCUT2D eigenvalue weighted by molar-refractivity contribution is 4.71. The van der Waals surface area contributed by atoms with E-state index in [0.717, 1.165) is 5.92 Å². The third-order valence-electron chi connectivity index (χ3n) is 3.37. The number of nitrogens with zero attached hydrogens (tertiary/aromatic N) is 1. The number of piperidine rings is 1. The Bertz CT molecular complexity index is 112. The molecule has 1 aliphatic rings. The second-order valence-electron chi connectivity index (χ2n) is 4.37. The summed E-state index contributed by atoms with van der Waals surface area (Å²) in [6.07, 6.45) is 8.68. The molecule has 0 aromatic carbocycles. The lowest BCUT2D eigenvalue weighted by atomic mass is 9.91. The molecule has 1 heterocycles. The SMILES string of the molecule is CCCCCC1CCN(CC)CC1. The van der Waals surface area contributed by atoms with E-state index in [-0.39, 0.29) is 0 Å². The van der Waals surface area contributed by atoms with Crippen molar-refractivity contribution in [3.63, 3.8) is 0 Å². The Labute approximate surface area is 83.5 Å². The third kappa shape index (κ3) is 4.12. The average Bonchev–Trinajstić information content (AvgIpc) is 2.19. The second kappa shape index (κ2) is 6.42. The Morgan fingerprint density at radius 3 is 2.31 bits per heavy atom. The maximum atomic E-state index is 2.58. The van der Waals surface area contributed by atoms with Gasteiger partial charge < -0.3 is 4.90 Å². The summed E-state index contributed by atoms with van der Waals surface area (Å²) in [5.74, 6) is 1.05. The van der Waals surface area contributed by atoms with Crippen LogP contribution in [0.4, 0.5) is 0 Å². The van der Waals surface area contributed by atoms with Gasteiger partial charge in [0, 0.05) is 0 Å². The van der Waals surface area contributed by atoms with Gasteiger partial charge in [-0.2, -0.15) is 0 Å². The van der Waals surface area contributed by atoms with Gasteiger partial charge in [-0.3, -0.25) is 0 Å². The minimum Gasteiger partial charge on any atom is -0.304 e. The van der Waals surface area contributed by atoms with Crippen LogP contribution in [0.2, 0.25) is 0 Å². The van der Waals surface area contributed by atoms with Crippen molar-refractivity contribution >= 4 is 0 Å². The third-order valence-corrected chi connectivity index (χ3v) is 3.37. The van der Waals surface area contributed by atoms with Crippen LogP contribution in [-0.2, 0) is 0 Å². The van der Waals surface area contributed by atoms with Gasteiger partial charge in [-0.05, 0) is 38.4 Å². The summed E-state index contributed by atoms with van der Waals surface area (Å²) < 4.78 is 0. The second-order valence-corrected chi connectivity index (χ2v) is 4.37. The molecular formula is C12H25N. The molecular weight excluding hydrogens is 158 g/mol. The van der Waals surface area contributed by atoms with Crippen LogP contribution < -0.4 is 0 Å². The topological polar surface area (TPSA) is 3.24 Å².